The third-order valence-electron chi connectivity index (χ3n) is 5.32. The Morgan fingerprint density at radius 2 is 1.86 bits per heavy atom. The second kappa shape index (κ2) is 10.8. The van der Waals surface area contributed by atoms with Gasteiger partial charge in [0.1, 0.15) is 0 Å². The average Bonchev–Trinajstić information content (AvgIpc) is 3.28. The van der Waals surface area contributed by atoms with Crippen molar-refractivity contribution in [2.24, 2.45) is 0 Å². The zero-order valence-electron chi connectivity index (χ0n) is 17.2. The SMILES string of the molecule is CCCN(CCC(=O)NC1CCN(Cc2ccccc2)CC1)C(=O)c1ccco1. The number of nitrogens with one attached hydrogen (secondary N) is 1. The van der Waals surface area contributed by atoms with E-state index in [0.29, 0.717) is 25.3 Å². The molecule has 1 N–H and O–H groups in total. The Morgan fingerprint density at radius 1 is 1.10 bits per heavy atom. The topological polar surface area (TPSA) is 65.8 Å². The summed E-state index contributed by atoms with van der Waals surface area (Å²) in [4.78, 5) is 29.0. The van der Waals surface area contributed by atoms with E-state index >= 15 is 0 Å². The molecule has 29 heavy (non-hydrogen) atoms. The van der Waals surface area contributed by atoms with E-state index in [2.05, 4.69) is 34.5 Å². The van der Waals surface area contributed by atoms with Gasteiger partial charge in [-0.3, -0.25) is 14.5 Å². The highest BCUT2D eigenvalue weighted by Crippen LogP contribution is 2.14. The van der Waals surface area contributed by atoms with E-state index in [9.17, 15) is 9.59 Å². The molecule has 1 fully saturated rings. The van der Waals surface area contributed by atoms with E-state index in [-0.39, 0.29) is 17.9 Å². The van der Waals surface area contributed by atoms with Crippen molar-refractivity contribution in [2.75, 3.05) is 26.2 Å². The van der Waals surface area contributed by atoms with Gasteiger partial charge in [-0.05, 0) is 37.0 Å². The van der Waals surface area contributed by atoms with Crippen LogP contribution in [0.25, 0.3) is 0 Å². The summed E-state index contributed by atoms with van der Waals surface area (Å²) in [5.41, 5.74) is 1.33. The van der Waals surface area contributed by atoms with Crippen LogP contribution in [0.5, 0.6) is 0 Å². The van der Waals surface area contributed by atoms with Crippen molar-refractivity contribution in [3.05, 3.63) is 60.1 Å². The Kier molecular flexibility index (Phi) is 7.87. The molecular weight excluding hydrogens is 366 g/mol. The van der Waals surface area contributed by atoms with Crippen molar-refractivity contribution in [1.29, 1.82) is 0 Å². The third-order valence-corrected chi connectivity index (χ3v) is 5.32. The van der Waals surface area contributed by atoms with Crippen LogP contribution in [-0.4, -0.2) is 53.8 Å². The van der Waals surface area contributed by atoms with Crippen molar-refractivity contribution in [3.8, 4) is 0 Å². The molecule has 1 aliphatic rings. The van der Waals surface area contributed by atoms with Crippen molar-refractivity contribution < 1.29 is 14.0 Å². The van der Waals surface area contributed by atoms with Crippen LogP contribution in [0.1, 0.15) is 48.7 Å². The second-order valence-electron chi connectivity index (χ2n) is 7.62. The monoisotopic (exact) mass is 397 g/mol. The van der Waals surface area contributed by atoms with Gasteiger partial charge in [0.15, 0.2) is 5.76 Å². The molecule has 0 bridgehead atoms. The van der Waals surface area contributed by atoms with Gasteiger partial charge < -0.3 is 14.6 Å². The summed E-state index contributed by atoms with van der Waals surface area (Å²) in [6, 6.07) is 14.1. The quantitative estimate of drug-likeness (QED) is 0.705. The number of likely N-dealkylation sites (tertiary alicyclic amines) is 1. The predicted octanol–water partition coefficient (Wildman–Crippen LogP) is 3.30. The van der Waals surface area contributed by atoms with Gasteiger partial charge in [0, 0.05) is 45.2 Å². The lowest BCUT2D eigenvalue weighted by Gasteiger charge is -2.32. The largest absolute Gasteiger partial charge is 0.459 e. The van der Waals surface area contributed by atoms with Gasteiger partial charge in [0.2, 0.25) is 5.91 Å². The molecule has 156 valence electrons. The molecule has 0 aliphatic carbocycles. The molecule has 1 aromatic carbocycles. The first-order chi connectivity index (χ1) is 14.2. The molecule has 1 saturated heterocycles. The summed E-state index contributed by atoms with van der Waals surface area (Å²) in [5.74, 6) is 0.184. The number of nitrogens with zero attached hydrogens (tertiary/aromatic N) is 2. The van der Waals surface area contributed by atoms with Gasteiger partial charge in [-0.25, -0.2) is 0 Å². The number of hydrogen-bond donors (Lipinski definition) is 1. The van der Waals surface area contributed by atoms with Crippen LogP contribution in [0.2, 0.25) is 0 Å². The van der Waals surface area contributed by atoms with E-state index < -0.39 is 0 Å². The van der Waals surface area contributed by atoms with E-state index in [1.807, 2.05) is 13.0 Å². The Morgan fingerprint density at radius 3 is 2.52 bits per heavy atom. The van der Waals surface area contributed by atoms with Crippen LogP contribution in [0.3, 0.4) is 0 Å². The van der Waals surface area contributed by atoms with Crippen LogP contribution in [0.15, 0.2) is 53.1 Å². The van der Waals surface area contributed by atoms with Crippen LogP contribution in [-0.2, 0) is 11.3 Å². The first-order valence-corrected chi connectivity index (χ1v) is 10.5. The van der Waals surface area contributed by atoms with Gasteiger partial charge in [-0.2, -0.15) is 0 Å². The molecule has 0 radical (unpaired) electrons. The predicted molar refractivity (Wildman–Crippen MR) is 112 cm³/mol. The molecule has 0 unspecified atom stereocenters. The molecule has 2 heterocycles. The molecule has 0 spiro atoms. The first-order valence-electron chi connectivity index (χ1n) is 10.5. The van der Waals surface area contributed by atoms with Gasteiger partial charge >= 0.3 is 0 Å². The number of hydrogen-bond acceptors (Lipinski definition) is 4. The van der Waals surface area contributed by atoms with Crippen LogP contribution in [0.4, 0.5) is 0 Å². The lowest BCUT2D eigenvalue weighted by Crippen LogP contribution is -2.45. The summed E-state index contributed by atoms with van der Waals surface area (Å²) in [5, 5.41) is 3.15. The smallest absolute Gasteiger partial charge is 0.289 e. The fourth-order valence-corrected chi connectivity index (χ4v) is 3.75. The third kappa shape index (κ3) is 6.46. The lowest BCUT2D eigenvalue weighted by atomic mass is 10.0. The van der Waals surface area contributed by atoms with E-state index in [0.717, 1.165) is 38.9 Å². The number of carbonyl (C=O) groups is 2. The number of piperidine rings is 1. The molecule has 0 atom stereocenters. The molecule has 6 nitrogen and oxygen atoms in total. The van der Waals surface area contributed by atoms with Crippen LogP contribution >= 0.6 is 0 Å². The van der Waals surface area contributed by atoms with Crippen LogP contribution < -0.4 is 5.32 Å². The number of furan rings is 1. The maximum atomic E-state index is 12.5. The van der Waals surface area contributed by atoms with Gasteiger partial charge in [-0.15, -0.1) is 0 Å². The van der Waals surface area contributed by atoms with E-state index in [1.54, 1.807) is 17.0 Å². The minimum Gasteiger partial charge on any atom is -0.459 e. The zero-order chi connectivity index (χ0) is 20.5. The Balaban J connectivity index is 1.39. The molecule has 3 rings (SSSR count). The fraction of sp³-hybridized carbons (Fsp3) is 0.478. The Labute approximate surface area is 172 Å². The maximum absolute atomic E-state index is 12.5. The zero-order valence-corrected chi connectivity index (χ0v) is 17.2. The van der Waals surface area contributed by atoms with Gasteiger partial charge in [-0.1, -0.05) is 37.3 Å². The Bertz CT molecular complexity index is 753. The normalized spacial score (nSPS) is 15.2. The van der Waals surface area contributed by atoms with Crippen molar-refractivity contribution in [3.63, 3.8) is 0 Å². The van der Waals surface area contributed by atoms with Crippen LogP contribution in [0, 0.1) is 0 Å². The molecule has 2 aromatic rings. The highest BCUT2D eigenvalue weighted by atomic mass is 16.3. The summed E-state index contributed by atoms with van der Waals surface area (Å²) in [7, 11) is 0. The van der Waals surface area contributed by atoms with Crippen molar-refractivity contribution in [2.45, 2.75) is 45.2 Å². The minimum atomic E-state index is -0.154. The number of amides is 2. The molecule has 0 saturated carbocycles. The highest BCUT2D eigenvalue weighted by Gasteiger charge is 2.22. The van der Waals surface area contributed by atoms with Gasteiger partial charge in [0.25, 0.3) is 5.91 Å². The van der Waals surface area contributed by atoms with E-state index in [4.69, 9.17) is 4.42 Å². The molecule has 1 aromatic heterocycles. The lowest BCUT2D eigenvalue weighted by molar-refractivity contribution is -0.122. The summed E-state index contributed by atoms with van der Waals surface area (Å²) < 4.78 is 5.21. The fourth-order valence-electron chi connectivity index (χ4n) is 3.75. The van der Waals surface area contributed by atoms with Crippen molar-refractivity contribution in [1.82, 2.24) is 15.1 Å². The average molecular weight is 398 g/mol. The standard InChI is InChI=1S/C23H31N3O3/c1-2-13-26(23(28)21-9-6-17-29-21)16-12-22(27)24-20-10-14-25(15-11-20)18-19-7-4-3-5-8-19/h3-9,17,20H,2,10-16,18H2,1H3,(H,24,27). The maximum Gasteiger partial charge on any atom is 0.289 e. The Hall–Kier alpha value is -2.60. The molecule has 2 amide bonds. The molecule has 6 heteroatoms. The molecule has 1 aliphatic heterocycles. The summed E-state index contributed by atoms with van der Waals surface area (Å²) >= 11 is 0. The number of carbonyl (C=O) groups excluding carboxylic acids is 2. The summed E-state index contributed by atoms with van der Waals surface area (Å²) in [6.45, 7) is 5.97. The van der Waals surface area contributed by atoms with E-state index in [1.165, 1.54) is 11.8 Å². The second-order valence-corrected chi connectivity index (χ2v) is 7.62. The highest BCUT2D eigenvalue weighted by molar-refractivity contribution is 5.91. The van der Waals surface area contributed by atoms with Gasteiger partial charge in [0.05, 0.1) is 6.26 Å². The summed E-state index contributed by atoms with van der Waals surface area (Å²) in [6.07, 6.45) is 4.57. The molecular formula is C23H31N3O3. The number of rotatable bonds is 9. The van der Waals surface area contributed by atoms with Crippen molar-refractivity contribution >= 4 is 11.8 Å². The minimum absolute atomic E-state index is 0.0138. The number of benzene rings is 1. The first kappa shape index (κ1) is 21.1.